The molecule has 1 rings (SSSR count). The lowest BCUT2D eigenvalue weighted by molar-refractivity contribution is -0.116. The summed E-state index contributed by atoms with van der Waals surface area (Å²) in [6.07, 6.45) is 3.21. The molecule has 0 spiro atoms. The van der Waals surface area contributed by atoms with Crippen molar-refractivity contribution in [2.75, 3.05) is 13.7 Å². The summed E-state index contributed by atoms with van der Waals surface area (Å²) >= 11 is 3.37. The highest BCUT2D eigenvalue weighted by atomic mass is 79.9. The summed E-state index contributed by atoms with van der Waals surface area (Å²) in [6, 6.07) is 5.56. The number of halogens is 1. The normalized spacial score (nSPS) is 12.4. The fourth-order valence-corrected chi connectivity index (χ4v) is 1.80. The van der Waals surface area contributed by atoms with Crippen LogP contribution in [0.2, 0.25) is 0 Å². The minimum absolute atomic E-state index is 0.241. The largest absolute Gasteiger partial charge is 0.496 e. The van der Waals surface area contributed by atoms with Gasteiger partial charge in [0.05, 0.1) is 13.2 Å². The Hall–Kier alpha value is -1.33. The molecule has 1 aromatic carbocycles. The van der Waals surface area contributed by atoms with Crippen molar-refractivity contribution >= 4 is 27.9 Å². The lowest BCUT2D eigenvalue weighted by Crippen LogP contribution is -2.30. The maximum atomic E-state index is 11.6. The van der Waals surface area contributed by atoms with E-state index in [-0.39, 0.29) is 12.5 Å². The maximum absolute atomic E-state index is 11.6. The van der Waals surface area contributed by atoms with Crippen LogP contribution in [-0.2, 0) is 4.79 Å². The number of aliphatic hydroxyl groups excluding tert-OH is 1. The summed E-state index contributed by atoms with van der Waals surface area (Å²) < 4.78 is 6.12. The van der Waals surface area contributed by atoms with Crippen LogP contribution in [0, 0.1) is 0 Å². The van der Waals surface area contributed by atoms with Crippen molar-refractivity contribution < 1.29 is 14.6 Å². The van der Waals surface area contributed by atoms with E-state index in [1.54, 1.807) is 13.2 Å². The molecule has 1 atom stereocenters. The first kappa shape index (κ1) is 15.7. The second-order valence-electron chi connectivity index (χ2n) is 4.03. The van der Waals surface area contributed by atoms with Crippen molar-refractivity contribution in [3.05, 3.63) is 34.3 Å². The van der Waals surface area contributed by atoms with E-state index in [1.807, 2.05) is 25.1 Å². The molecule has 1 aromatic rings. The number of hydrogen-bond acceptors (Lipinski definition) is 3. The average molecular weight is 328 g/mol. The molecule has 4 nitrogen and oxygen atoms in total. The zero-order valence-electron chi connectivity index (χ0n) is 11.0. The van der Waals surface area contributed by atoms with E-state index >= 15 is 0 Å². The number of aliphatic hydroxyl groups is 1. The average Bonchev–Trinajstić information content (AvgIpc) is 2.42. The Morgan fingerprint density at radius 3 is 2.95 bits per heavy atom. The number of nitrogens with one attached hydrogen (secondary N) is 1. The minimum atomic E-state index is -0.502. The number of benzene rings is 1. The van der Waals surface area contributed by atoms with Gasteiger partial charge < -0.3 is 15.2 Å². The van der Waals surface area contributed by atoms with Crippen LogP contribution in [-0.4, -0.2) is 30.8 Å². The molecule has 1 unspecified atom stereocenters. The highest BCUT2D eigenvalue weighted by Gasteiger charge is 2.03. The topological polar surface area (TPSA) is 58.6 Å². The summed E-state index contributed by atoms with van der Waals surface area (Å²) in [4.78, 5) is 11.6. The van der Waals surface area contributed by atoms with Crippen LogP contribution in [0.5, 0.6) is 5.75 Å². The van der Waals surface area contributed by atoms with Gasteiger partial charge in [0, 0.05) is 22.7 Å². The van der Waals surface area contributed by atoms with Gasteiger partial charge in [-0.05, 0) is 30.7 Å². The van der Waals surface area contributed by atoms with Gasteiger partial charge in [-0.3, -0.25) is 4.79 Å². The van der Waals surface area contributed by atoms with Gasteiger partial charge in [-0.25, -0.2) is 0 Å². The first-order valence-electron chi connectivity index (χ1n) is 6.04. The lowest BCUT2D eigenvalue weighted by atomic mass is 10.2. The molecule has 19 heavy (non-hydrogen) atoms. The third-order valence-corrected chi connectivity index (χ3v) is 3.08. The first-order chi connectivity index (χ1) is 9.06. The second-order valence-corrected chi connectivity index (χ2v) is 4.94. The van der Waals surface area contributed by atoms with Crippen LogP contribution in [0.3, 0.4) is 0 Å². The molecule has 2 N–H and O–H groups in total. The number of carbonyl (C=O) groups is 1. The molecule has 0 aliphatic carbocycles. The van der Waals surface area contributed by atoms with E-state index in [9.17, 15) is 9.90 Å². The van der Waals surface area contributed by atoms with E-state index in [1.165, 1.54) is 6.08 Å². The predicted octanol–water partition coefficient (Wildman–Crippen LogP) is 2.36. The van der Waals surface area contributed by atoms with Gasteiger partial charge in [0.2, 0.25) is 5.91 Å². The molecule has 104 valence electrons. The van der Waals surface area contributed by atoms with Crippen LogP contribution in [0.15, 0.2) is 28.7 Å². The molecule has 0 heterocycles. The van der Waals surface area contributed by atoms with Crippen LogP contribution < -0.4 is 10.1 Å². The van der Waals surface area contributed by atoms with Crippen molar-refractivity contribution in [3.63, 3.8) is 0 Å². The Morgan fingerprint density at radius 2 is 2.32 bits per heavy atom. The van der Waals surface area contributed by atoms with Gasteiger partial charge in [0.25, 0.3) is 0 Å². The minimum Gasteiger partial charge on any atom is -0.496 e. The molecule has 0 fully saturated rings. The van der Waals surface area contributed by atoms with Crippen molar-refractivity contribution in [3.8, 4) is 5.75 Å². The third-order valence-electron chi connectivity index (χ3n) is 2.59. The Kier molecular flexibility index (Phi) is 6.59. The van der Waals surface area contributed by atoms with Crippen LogP contribution in [0.4, 0.5) is 0 Å². The SMILES string of the molecule is CCC(O)CNC(=O)/C=C/c1cc(Br)ccc1OC. The van der Waals surface area contributed by atoms with Gasteiger partial charge in [-0.15, -0.1) is 0 Å². The molecule has 0 aliphatic heterocycles. The zero-order chi connectivity index (χ0) is 14.3. The van der Waals surface area contributed by atoms with Crippen molar-refractivity contribution in [2.24, 2.45) is 0 Å². The van der Waals surface area contributed by atoms with E-state index in [4.69, 9.17) is 4.74 Å². The Labute approximate surface area is 121 Å². The summed E-state index contributed by atoms with van der Waals surface area (Å²) in [7, 11) is 1.58. The van der Waals surface area contributed by atoms with E-state index in [0.717, 1.165) is 10.0 Å². The molecular weight excluding hydrogens is 310 g/mol. The number of amides is 1. The molecule has 0 bridgehead atoms. The number of rotatable bonds is 6. The fraction of sp³-hybridized carbons (Fsp3) is 0.357. The van der Waals surface area contributed by atoms with Crippen LogP contribution >= 0.6 is 15.9 Å². The van der Waals surface area contributed by atoms with E-state index in [2.05, 4.69) is 21.2 Å². The van der Waals surface area contributed by atoms with Gasteiger partial charge in [-0.1, -0.05) is 22.9 Å². The molecule has 0 saturated heterocycles. The number of carbonyl (C=O) groups excluding carboxylic acids is 1. The highest BCUT2D eigenvalue weighted by Crippen LogP contribution is 2.23. The number of hydrogen-bond donors (Lipinski definition) is 2. The highest BCUT2D eigenvalue weighted by molar-refractivity contribution is 9.10. The third kappa shape index (κ3) is 5.44. The van der Waals surface area contributed by atoms with Crippen molar-refractivity contribution in [1.82, 2.24) is 5.32 Å². The summed E-state index contributed by atoms with van der Waals surface area (Å²) in [6.45, 7) is 2.12. The lowest BCUT2D eigenvalue weighted by Gasteiger charge is -2.07. The summed E-state index contributed by atoms with van der Waals surface area (Å²) in [5.74, 6) is 0.454. The molecule has 0 radical (unpaired) electrons. The van der Waals surface area contributed by atoms with E-state index in [0.29, 0.717) is 12.2 Å². The number of methoxy groups -OCH3 is 1. The maximum Gasteiger partial charge on any atom is 0.244 e. The number of ether oxygens (including phenoxy) is 1. The van der Waals surface area contributed by atoms with Crippen LogP contribution in [0.25, 0.3) is 6.08 Å². The van der Waals surface area contributed by atoms with Gasteiger partial charge in [0.1, 0.15) is 5.75 Å². The van der Waals surface area contributed by atoms with Crippen LogP contribution in [0.1, 0.15) is 18.9 Å². The Balaban J connectivity index is 2.65. The molecule has 5 heteroatoms. The molecule has 0 aliphatic rings. The summed E-state index contributed by atoms with van der Waals surface area (Å²) in [5, 5.41) is 12.0. The quantitative estimate of drug-likeness (QED) is 0.788. The molecular formula is C14H18BrNO3. The zero-order valence-corrected chi connectivity index (χ0v) is 12.6. The predicted molar refractivity (Wildman–Crippen MR) is 79.0 cm³/mol. The Bertz CT molecular complexity index is 460. The second kappa shape index (κ2) is 7.96. The van der Waals surface area contributed by atoms with Gasteiger partial charge in [0.15, 0.2) is 0 Å². The van der Waals surface area contributed by atoms with Crippen molar-refractivity contribution in [2.45, 2.75) is 19.4 Å². The fourth-order valence-electron chi connectivity index (χ4n) is 1.42. The monoisotopic (exact) mass is 327 g/mol. The first-order valence-corrected chi connectivity index (χ1v) is 6.83. The van der Waals surface area contributed by atoms with Gasteiger partial charge >= 0.3 is 0 Å². The molecule has 0 saturated carbocycles. The Morgan fingerprint density at radius 1 is 1.58 bits per heavy atom. The van der Waals surface area contributed by atoms with Crippen molar-refractivity contribution in [1.29, 1.82) is 0 Å². The molecule has 0 aromatic heterocycles. The van der Waals surface area contributed by atoms with E-state index < -0.39 is 6.10 Å². The summed E-state index contributed by atoms with van der Waals surface area (Å²) in [5.41, 5.74) is 0.808. The molecule has 1 amide bonds. The standard InChI is InChI=1S/C14H18BrNO3/c1-3-12(17)9-16-14(18)7-4-10-8-11(15)5-6-13(10)19-2/h4-8,12,17H,3,9H2,1-2H3,(H,16,18)/b7-4+. The smallest absolute Gasteiger partial charge is 0.244 e. The van der Waals surface area contributed by atoms with Gasteiger partial charge in [-0.2, -0.15) is 0 Å².